The van der Waals surface area contributed by atoms with E-state index in [0.717, 1.165) is 5.56 Å². The van der Waals surface area contributed by atoms with Gasteiger partial charge in [-0.25, -0.2) is 8.42 Å². The Kier molecular flexibility index (Phi) is 3.36. The Hall–Kier alpha value is -1.83. The Morgan fingerprint density at radius 1 is 1.42 bits per heavy atom. The second-order valence-electron chi connectivity index (χ2n) is 4.35. The average Bonchev–Trinajstić information content (AvgIpc) is 2.84. The minimum absolute atomic E-state index is 0.214. The van der Waals surface area contributed by atoms with E-state index in [1.807, 2.05) is 6.92 Å². The van der Waals surface area contributed by atoms with Gasteiger partial charge in [-0.2, -0.15) is 10.2 Å². The molecule has 0 aliphatic heterocycles. The van der Waals surface area contributed by atoms with E-state index in [1.165, 1.54) is 0 Å². The monoisotopic (exact) mass is 283 g/mol. The third-order valence-corrected chi connectivity index (χ3v) is 4.65. The Balaban J connectivity index is 2.44. The Morgan fingerprint density at radius 2 is 2.11 bits per heavy atom. The molecule has 0 saturated carbocycles. The molecule has 7 nitrogen and oxygen atoms in total. The van der Waals surface area contributed by atoms with Gasteiger partial charge in [-0.1, -0.05) is 6.92 Å². The number of H-pyrrole nitrogens is 1. The first-order chi connectivity index (χ1) is 8.86. The van der Waals surface area contributed by atoms with Crippen molar-refractivity contribution >= 4 is 15.8 Å². The molecule has 0 radical (unpaired) electrons. The molecule has 0 unspecified atom stereocenters. The molecule has 0 spiro atoms. The van der Waals surface area contributed by atoms with Crippen molar-refractivity contribution in [2.45, 2.75) is 32.1 Å². The third kappa shape index (κ3) is 2.35. The fourth-order valence-electron chi connectivity index (χ4n) is 2.00. The van der Waals surface area contributed by atoms with Crippen LogP contribution in [0.15, 0.2) is 11.1 Å². The fraction of sp³-hybridized carbons (Fsp3) is 0.455. The normalized spacial score (nSPS) is 11.8. The average molecular weight is 283 g/mol. The molecule has 0 atom stereocenters. The van der Waals surface area contributed by atoms with Crippen LogP contribution in [0.2, 0.25) is 0 Å². The highest BCUT2D eigenvalue weighted by molar-refractivity contribution is 7.92. The van der Waals surface area contributed by atoms with Crippen LogP contribution in [0.25, 0.3) is 0 Å². The molecule has 19 heavy (non-hydrogen) atoms. The Morgan fingerprint density at radius 3 is 2.63 bits per heavy atom. The second-order valence-corrected chi connectivity index (χ2v) is 5.97. The SMILES string of the molecule is CCc1cn[nH]c1NS(=O)(=O)c1c(C)nn(C)c1C. The largest absolute Gasteiger partial charge is 0.271 e. The Labute approximate surface area is 112 Å². The van der Waals surface area contributed by atoms with Crippen LogP contribution in [0.4, 0.5) is 5.82 Å². The van der Waals surface area contributed by atoms with Gasteiger partial charge in [-0.15, -0.1) is 0 Å². The van der Waals surface area contributed by atoms with Crippen molar-refractivity contribution < 1.29 is 8.42 Å². The fourth-order valence-corrected chi connectivity index (χ4v) is 3.49. The van der Waals surface area contributed by atoms with Gasteiger partial charge in [0.2, 0.25) is 0 Å². The van der Waals surface area contributed by atoms with Gasteiger partial charge in [0, 0.05) is 12.6 Å². The van der Waals surface area contributed by atoms with Gasteiger partial charge in [-0.05, 0) is 20.3 Å². The number of sulfonamides is 1. The molecule has 2 aromatic heterocycles. The molecule has 2 rings (SSSR count). The smallest absolute Gasteiger partial charge is 0.266 e. The van der Waals surface area contributed by atoms with E-state index in [9.17, 15) is 8.42 Å². The maximum absolute atomic E-state index is 12.4. The predicted molar refractivity (Wildman–Crippen MR) is 71.5 cm³/mol. The molecule has 0 fully saturated rings. The summed E-state index contributed by atoms with van der Waals surface area (Å²) < 4.78 is 28.9. The van der Waals surface area contributed by atoms with Gasteiger partial charge < -0.3 is 0 Å². The number of aromatic nitrogens is 4. The molecule has 0 bridgehead atoms. The van der Waals surface area contributed by atoms with E-state index in [2.05, 4.69) is 20.0 Å². The van der Waals surface area contributed by atoms with Crippen molar-refractivity contribution in [1.29, 1.82) is 0 Å². The predicted octanol–water partition coefficient (Wildman–Crippen LogP) is 1.12. The van der Waals surface area contributed by atoms with E-state index in [1.54, 1.807) is 31.8 Å². The molecule has 0 aliphatic rings. The zero-order chi connectivity index (χ0) is 14.2. The Bertz CT molecular complexity index is 699. The molecular weight excluding hydrogens is 266 g/mol. The summed E-state index contributed by atoms with van der Waals surface area (Å²) in [5.41, 5.74) is 1.90. The standard InChI is InChI=1S/C11H17N5O2S/c1-5-9-6-12-13-11(9)15-19(17,18)10-7(2)14-16(4)8(10)3/h6H,5H2,1-4H3,(H2,12,13,15). The molecule has 8 heteroatoms. The van der Waals surface area contributed by atoms with Crippen molar-refractivity contribution in [3.8, 4) is 0 Å². The van der Waals surface area contributed by atoms with Crippen LogP contribution in [-0.2, 0) is 23.5 Å². The number of aryl methyl sites for hydroxylation is 3. The van der Waals surface area contributed by atoms with E-state index in [4.69, 9.17) is 0 Å². The number of nitrogens with one attached hydrogen (secondary N) is 2. The molecule has 104 valence electrons. The number of rotatable bonds is 4. The van der Waals surface area contributed by atoms with Gasteiger partial charge in [0.05, 0.1) is 17.6 Å². The van der Waals surface area contributed by atoms with Crippen LogP contribution in [-0.4, -0.2) is 28.4 Å². The summed E-state index contributed by atoms with van der Waals surface area (Å²) in [6.45, 7) is 5.33. The minimum Gasteiger partial charge on any atom is -0.271 e. The van der Waals surface area contributed by atoms with Crippen molar-refractivity contribution in [1.82, 2.24) is 20.0 Å². The van der Waals surface area contributed by atoms with Crippen LogP contribution in [0.3, 0.4) is 0 Å². The lowest BCUT2D eigenvalue weighted by atomic mass is 10.3. The third-order valence-electron chi connectivity index (χ3n) is 3.05. The lowest BCUT2D eigenvalue weighted by molar-refractivity contribution is 0.599. The number of hydrogen-bond acceptors (Lipinski definition) is 4. The zero-order valence-electron chi connectivity index (χ0n) is 11.4. The van der Waals surface area contributed by atoms with Crippen LogP contribution in [0.1, 0.15) is 23.9 Å². The van der Waals surface area contributed by atoms with Crippen LogP contribution in [0.5, 0.6) is 0 Å². The molecule has 0 aromatic carbocycles. The summed E-state index contributed by atoms with van der Waals surface area (Å²) in [5.74, 6) is 0.408. The van der Waals surface area contributed by atoms with Gasteiger partial charge in [0.15, 0.2) is 0 Å². The first-order valence-corrected chi connectivity index (χ1v) is 7.40. The molecule has 0 saturated heterocycles. The highest BCUT2D eigenvalue weighted by Crippen LogP contribution is 2.22. The van der Waals surface area contributed by atoms with Crippen LogP contribution >= 0.6 is 0 Å². The summed E-state index contributed by atoms with van der Waals surface area (Å²) in [4.78, 5) is 0.214. The van der Waals surface area contributed by atoms with Gasteiger partial charge in [0.1, 0.15) is 10.7 Å². The summed E-state index contributed by atoms with van der Waals surface area (Å²) in [7, 11) is -1.94. The van der Waals surface area contributed by atoms with E-state index < -0.39 is 10.0 Å². The quantitative estimate of drug-likeness (QED) is 0.879. The minimum atomic E-state index is -3.66. The first-order valence-electron chi connectivity index (χ1n) is 5.92. The summed E-state index contributed by atoms with van der Waals surface area (Å²) in [5, 5.41) is 10.6. The maximum atomic E-state index is 12.4. The summed E-state index contributed by atoms with van der Waals surface area (Å²) >= 11 is 0. The lowest BCUT2D eigenvalue weighted by Crippen LogP contribution is -2.16. The molecule has 2 N–H and O–H groups in total. The number of anilines is 1. The van der Waals surface area contributed by atoms with E-state index in [-0.39, 0.29) is 4.90 Å². The van der Waals surface area contributed by atoms with Crippen molar-refractivity contribution in [3.05, 3.63) is 23.1 Å². The van der Waals surface area contributed by atoms with Crippen LogP contribution in [0, 0.1) is 13.8 Å². The van der Waals surface area contributed by atoms with E-state index in [0.29, 0.717) is 23.6 Å². The van der Waals surface area contributed by atoms with Crippen molar-refractivity contribution in [2.75, 3.05) is 4.72 Å². The number of hydrogen-bond donors (Lipinski definition) is 2. The first kappa shape index (κ1) is 13.6. The van der Waals surface area contributed by atoms with Gasteiger partial charge in [-0.3, -0.25) is 14.5 Å². The number of aromatic amines is 1. The summed E-state index contributed by atoms with van der Waals surface area (Å²) in [6, 6.07) is 0. The highest BCUT2D eigenvalue weighted by atomic mass is 32.2. The molecule has 2 aromatic rings. The second kappa shape index (κ2) is 4.69. The molecular formula is C11H17N5O2S. The van der Waals surface area contributed by atoms with Crippen LogP contribution < -0.4 is 4.72 Å². The molecule has 2 heterocycles. The highest BCUT2D eigenvalue weighted by Gasteiger charge is 2.24. The zero-order valence-corrected chi connectivity index (χ0v) is 12.2. The molecule has 0 aliphatic carbocycles. The van der Waals surface area contributed by atoms with Crippen molar-refractivity contribution in [3.63, 3.8) is 0 Å². The van der Waals surface area contributed by atoms with E-state index >= 15 is 0 Å². The van der Waals surface area contributed by atoms with Gasteiger partial charge in [0.25, 0.3) is 10.0 Å². The topological polar surface area (TPSA) is 92.7 Å². The van der Waals surface area contributed by atoms with Gasteiger partial charge >= 0.3 is 0 Å². The summed E-state index contributed by atoms with van der Waals surface area (Å²) in [6.07, 6.45) is 2.31. The molecule has 0 amide bonds. The number of nitrogens with zero attached hydrogens (tertiary/aromatic N) is 3. The maximum Gasteiger partial charge on any atom is 0.266 e. The lowest BCUT2D eigenvalue weighted by Gasteiger charge is -2.07. The van der Waals surface area contributed by atoms with Crippen molar-refractivity contribution in [2.24, 2.45) is 7.05 Å².